The maximum Gasteiger partial charge on any atom is 0.242 e. The number of carbonyl (C=O) groups is 2. The van der Waals surface area contributed by atoms with Crippen LogP contribution in [0.1, 0.15) is 61.7 Å². The van der Waals surface area contributed by atoms with Crippen molar-refractivity contribution < 1.29 is 18.7 Å². The largest absolute Gasteiger partial charge is 0.496 e. The maximum absolute atomic E-state index is 12.9. The normalized spacial score (nSPS) is 19.9. The SMILES string of the molecule is COc1ccccc1Cc1cnc(C2CCCN(C(=O)CN3CCCCCC3=O)C2)o1. The van der Waals surface area contributed by atoms with E-state index >= 15 is 0 Å². The minimum atomic E-state index is 0.0285. The Hall–Kier alpha value is -2.83. The molecular formula is C24H31N3O4. The third-order valence-electron chi connectivity index (χ3n) is 6.25. The molecule has 2 aliphatic heterocycles. The number of para-hydroxylation sites is 1. The summed E-state index contributed by atoms with van der Waals surface area (Å²) in [5.41, 5.74) is 1.05. The number of benzene rings is 1. The van der Waals surface area contributed by atoms with Crippen LogP contribution in [0.5, 0.6) is 5.75 Å². The highest BCUT2D eigenvalue weighted by molar-refractivity contribution is 5.85. The van der Waals surface area contributed by atoms with Gasteiger partial charge in [-0.15, -0.1) is 0 Å². The van der Waals surface area contributed by atoms with E-state index in [-0.39, 0.29) is 24.3 Å². The van der Waals surface area contributed by atoms with Crippen molar-refractivity contribution >= 4 is 11.8 Å². The summed E-state index contributed by atoms with van der Waals surface area (Å²) in [6.07, 6.45) is 7.77. The van der Waals surface area contributed by atoms with Crippen LogP contribution in [0, 0.1) is 0 Å². The van der Waals surface area contributed by atoms with Crippen molar-refractivity contribution in [2.45, 2.75) is 50.9 Å². The molecular weight excluding hydrogens is 394 g/mol. The number of likely N-dealkylation sites (tertiary alicyclic amines) is 2. The molecule has 1 unspecified atom stereocenters. The van der Waals surface area contributed by atoms with Crippen LogP contribution >= 0.6 is 0 Å². The average molecular weight is 426 g/mol. The van der Waals surface area contributed by atoms with Crippen molar-refractivity contribution in [2.24, 2.45) is 0 Å². The van der Waals surface area contributed by atoms with E-state index in [4.69, 9.17) is 9.15 Å². The van der Waals surface area contributed by atoms with Crippen LogP contribution in [0.15, 0.2) is 34.9 Å². The highest BCUT2D eigenvalue weighted by Gasteiger charge is 2.29. The second-order valence-electron chi connectivity index (χ2n) is 8.46. The number of hydrogen-bond acceptors (Lipinski definition) is 5. The Labute approximate surface area is 183 Å². The van der Waals surface area contributed by atoms with Gasteiger partial charge in [0.15, 0.2) is 5.89 Å². The van der Waals surface area contributed by atoms with Crippen molar-refractivity contribution in [1.82, 2.24) is 14.8 Å². The molecule has 0 bridgehead atoms. The Morgan fingerprint density at radius 1 is 1.19 bits per heavy atom. The van der Waals surface area contributed by atoms with Crippen LogP contribution in [0.2, 0.25) is 0 Å². The number of hydrogen-bond donors (Lipinski definition) is 0. The first-order valence-electron chi connectivity index (χ1n) is 11.3. The van der Waals surface area contributed by atoms with Crippen molar-refractivity contribution in [3.8, 4) is 5.75 Å². The molecule has 2 saturated heterocycles. The zero-order chi connectivity index (χ0) is 21.6. The summed E-state index contributed by atoms with van der Waals surface area (Å²) in [6, 6.07) is 7.88. The lowest BCUT2D eigenvalue weighted by Crippen LogP contribution is -2.46. The highest BCUT2D eigenvalue weighted by Crippen LogP contribution is 2.28. The van der Waals surface area contributed by atoms with Gasteiger partial charge in [0.2, 0.25) is 11.8 Å². The smallest absolute Gasteiger partial charge is 0.242 e. The van der Waals surface area contributed by atoms with E-state index in [1.54, 1.807) is 18.2 Å². The van der Waals surface area contributed by atoms with Gasteiger partial charge in [0.05, 0.1) is 25.8 Å². The molecule has 2 aromatic rings. The standard InChI is InChI=1S/C24H31N3O4/c1-30-21-10-5-4-8-18(21)14-20-15-25-24(31-20)19-9-7-13-26(16-19)23(29)17-27-12-6-2-3-11-22(27)28/h4-5,8,10,15,19H,2-3,6-7,9,11-14,16-17H2,1H3. The molecule has 1 aromatic heterocycles. The molecule has 0 spiro atoms. The minimum Gasteiger partial charge on any atom is -0.496 e. The summed E-state index contributed by atoms with van der Waals surface area (Å²) in [5, 5.41) is 0. The average Bonchev–Trinajstić information content (AvgIpc) is 3.17. The second-order valence-corrected chi connectivity index (χ2v) is 8.46. The molecule has 1 aromatic carbocycles. The summed E-state index contributed by atoms with van der Waals surface area (Å²) >= 11 is 0. The maximum atomic E-state index is 12.9. The van der Waals surface area contributed by atoms with Crippen molar-refractivity contribution in [1.29, 1.82) is 0 Å². The molecule has 0 N–H and O–H groups in total. The van der Waals surface area contributed by atoms with E-state index in [0.29, 0.717) is 31.8 Å². The third-order valence-corrected chi connectivity index (χ3v) is 6.25. The first kappa shape index (κ1) is 21.4. The number of aromatic nitrogens is 1. The van der Waals surface area contributed by atoms with Gasteiger partial charge in [0.25, 0.3) is 0 Å². The summed E-state index contributed by atoms with van der Waals surface area (Å²) in [7, 11) is 1.66. The molecule has 2 aliphatic rings. The van der Waals surface area contributed by atoms with Gasteiger partial charge in [0.1, 0.15) is 11.5 Å². The summed E-state index contributed by atoms with van der Waals surface area (Å²) in [4.78, 5) is 33.2. The number of methoxy groups -OCH3 is 1. The molecule has 0 aliphatic carbocycles. The van der Waals surface area contributed by atoms with Gasteiger partial charge in [-0.25, -0.2) is 4.98 Å². The lowest BCUT2D eigenvalue weighted by molar-refractivity contribution is -0.141. The van der Waals surface area contributed by atoms with Crippen LogP contribution in [-0.2, 0) is 16.0 Å². The number of carbonyl (C=O) groups excluding carboxylic acids is 2. The van der Waals surface area contributed by atoms with E-state index in [0.717, 1.165) is 55.7 Å². The van der Waals surface area contributed by atoms with Crippen molar-refractivity contribution in [3.05, 3.63) is 47.7 Å². The first-order chi connectivity index (χ1) is 15.1. The van der Waals surface area contributed by atoms with Crippen LogP contribution < -0.4 is 4.74 Å². The van der Waals surface area contributed by atoms with Crippen molar-refractivity contribution in [3.63, 3.8) is 0 Å². The monoisotopic (exact) mass is 425 g/mol. The fraction of sp³-hybridized carbons (Fsp3) is 0.542. The number of piperidine rings is 1. The van der Waals surface area contributed by atoms with Gasteiger partial charge in [-0.05, 0) is 31.7 Å². The second kappa shape index (κ2) is 9.98. The van der Waals surface area contributed by atoms with Crippen LogP contribution in [0.3, 0.4) is 0 Å². The van der Waals surface area contributed by atoms with Gasteiger partial charge in [-0.2, -0.15) is 0 Å². The van der Waals surface area contributed by atoms with Crippen LogP contribution in [-0.4, -0.2) is 59.9 Å². The Morgan fingerprint density at radius 3 is 2.94 bits per heavy atom. The molecule has 166 valence electrons. The highest BCUT2D eigenvalue weighted by atomic mass is 16.5. The molecule has 0 saturated carbocycles. The minimum absolute atomic E-state index is 0.0285. The molecule has 2 amide bonds. The van der Waals surface area contributed by atoms with Crippen molar-refractivity contribution in [2.75, 3.05) is 33.3 Å². The molecule has 2 fully saturated rings. The van der Waals surface area contributed by atoms with E-state index in [1.807, 2.05) is 29.2 Å². The molecule has 3 heterocycles. The molecule has 4 rings (SSSR count). The van der Waals surface area contributed by atoms with Crippen LogP contribution in [0.4, 0.5) is 0 Å². The van der Waals surface area contributed by atoms with E-state index in [9.17, 15) is 9.59 Å². The topological polar surface area (TPSA) is 75.9 Å². The molecule has 31 heavy (non-hydrogen) atoms. The van der Waals surface area contributed by atoms with Gasteiger partial charge in [-0.1, -0.05) is 24.6 Å². The third kappa shape index (κ3) is 5.27. The molecule has 7 nitrogen and oxygen atoms in total. The predicted molar refractivity (Wildman–Crippen MR) is 116 cm³/mol. The molecule has 0 radical (unpaired) electrons. The summed E-state index contributed by atoms with van der Waals surface area (Å²) < 4.78 is 11.5. The lowest BCUT2D eigenvalue weighted by Gasteiger charge is -2.33. The zero-order valence-electron chi connectivity index (χ0n) is 18.2. The van der Waals surface area contributed by atoms with Gasteiger partial charge < -0.3 is 19.0 Å². The first-order valence-corrected chi connectivity index (χ1v) is 11.3. The van der Waals surface area contributed by atoms with Gasteiger partial charge in [-0.3, -0.25) is 9.59 Å². The summed E-state index contributed by atoms with van der Waals surface area (Å²) in [5.74, 6) is 2.53. The predicted octanol–water partition coefficient (Wildman–Crippen LogP) is 3.38. The Kier molecular flexibility index (Phi) is 6.89. The zero-order valence-corrected chi connectivity index (χ0v) is 18.2. The number of oxazole rings is 1. The Bertz CT molecular complexity index is 910. The fourth-order valence-corrected chi connectivity index (χ4v) is 4.50. The molecule has 1 atom stereocenters. The number of amides is 2. The van der Waals surface area contributed by atoms with Crippen LogP contribution in [0.25, 0.3) is 0 Å². The Balaban J connectivity index is 1.37. The molecule has 7 heteroatoms. The van der Waals surface area contributed by atoms with Gasteiger partial charge >= 0.3 is 0 Å². The van der Waals surface area contributed by atoms with E-state index in [2.05, 4.69) is 4.98 Å². The number of nitrogens with zero attached hydrogens (tertiary/aromatic N) is 3. The van der Waals surface area contributed by atoms with Gasteiger partial charge in [0, 0.05) is 38.0 Å². The Morgan fingerprint density at radius 2 is 2.06 bits per heavy atom. The number of ether oxygens (including phenoxy) is 1. The number of rotatable bonds is 6. The lowest BCUT2D eigenvalue weighted by atomic mass is 9.98. The van der Waals surface area contributed by atoms with E-state index < -0.39 is 0 Å². The van der Waals surface area contributed by atoms with E-state index in [1.165, 1.54) is 0 Å². The summed E-state index contributed by atoms with van der Waals surface area (Å²) in [6.45, 7) is 2.20. The fourth-order valence-electron chi connectivity index (χ4n) is 4.50. The quantitative estimate of drug-likeness (QED) is 0.709.